The van der Waals surface area contributed by atoms with Gasteiger partial charge in [0.2, 0.25) is 5.91 Å². The number of ether oxygens (including phenoxy) is 1. The minimum atomic E-state index is -0.706. The maximum absolute atomic E-state index is 13.6. The minimum absolute atomic E-state index is 0.0812. The molecule has 0 radical (unpaired) electrons. The van der Waals surface area contributed by atoms with Crippen molar-refractivity contribution in [1.82, 2.24) is 5.32 Å². The van der Waals surface area contributed by atoms with E-state index < -0.39 is 22.7 Å². The molecule has 0 fully saturated rings. The Balaban J connectivity index is 1.62. The number of amides is 2. The van der Waals surface area contributed by atoms with E-state index in [1.165, 1.54) is 25.3 Å². The molecule has 0 spiro atoms. The minimum Gasteiger partial charge on any atom is -0.495 e. The summed E-state index contributed by atoms with van der Waals surface area (Å²) in [5.74, 6) is -1.23. The first-order chi connectivity index (χ1) is 19.3. The molecule has 3 N–H and O–H groups in total. The quantitative estimate of drug-likeness (QED) is 0.238. The van der Waals surface area contributed by atoms with Gasteiger partial charge in [0.1, 0.15) is 11.4 Å². The van der Waals surface area contributed by atoms with Gasteiger partial charge in [-0.15, -0.1) is 0 Å². The van der Waals surface area contributed by atoms with Gasteiger partial charge in [0, 0.05) is 17.3 Å². The van der Waals surface area contributed by atoms with Crippen LogP contribution in [0.3, 0.4) is 0 Å². The molecular formula is C29H25N5O5S. The average molecular weight is 556 g/mol. The van der Waals surface area contributed by atoms with E-state index in [4.69, 9.17) is 4.74 Å². The molecule has 4 rings (SSSR count). The van der Waals surface area contributed by atoms with Gasteiger partial charge in [-0.2, -0.15) is 5.26 Å². The number of rotatable bonds is 9. The van der Waals surface area contributed by atoms with Crippen molar-refractivity contribution in [2.75, 3.05) is 23.5 Å². The molecule has 0 saturated heterocycles. The topological polar surface area (TPSA) is 146 Å². The summed E-state index contributed by atoms with van der Waals surface area (Å²) in [6.07, 6.45) is 0. The molecular weight excluding hydrogens is 530 g/mol. The number of allylic oxidation sites excluding steroid dienone is 2. The highest BCUT2D eigenvalue weighted by molar-refractivity contribution is 8.03. The van der Waals surface area contributed by atoms with E-state index in [1.54, 1.807) is 37.3 Å². The van der Waals surface area contributed by atoms with Gasteiger partial charge in [0.15, 0.2) is 0 Å². The van der Waals surface area contributed by atoms with Crippen LogP contribution in [0, 0.1) is 21.4 Å². The first-order valence-electron chi connectivity index (χ1n) is 12.1. The number of nitro groups is 1. The Morgan fingerprint density at radius 2 is 1.68 bits per heavy atom. The maximum atomic E-state index is 13.6. The molecule has 1 aliphatic heterocycles. The molecule has 202 valence electrons. The van der Waals surface area contributed by atoms with Gasteiger partial charge < -0.3 is 20.7 Å². The molecule has 3 aromatic rings. The van der Waals surface area contributed by atoms with Gasteiger partial charge in [0.05, 0.1) is 46.1 Å². The second-order valence-electron chi connectivity index (χ2n) is 8.63. The lowest BCUT2D eigenvalue weighted by Crippen LogP contribution is -2.31. The summed E-state index contributed by atoms with van der Waals surface area (Å²) in [4.78, 5) is 37.1. The van der Waals surface area contributed by atoms with E-state index in [1.807, 2.05) is 30.3 Å². The van der Waals surface area contributed by atoms with Crippen LogP contribution in [0.4, 0.5) is 17.1 Å². The molecule has 11 heteroatoms. The summed E-state index contributed by atoms with van der Waals surface area (Å²) in [6, 6.07) is 24.3. The third-order valence-electron chi connectivity index (χ3n) is 6.10. The van der Waals surface area contributed by atoms with Crippen LogP contribution < -0.4 is 20.7 Å². The first kappa shape index (κ1) is 27.9. The van der Waals surface area contributed by atoms with Gasteiger partial charge in [-0.3, -0.25) is 19.7 Å². The number of nitrogens with one attached hydrogen (secondary N) is 3. The summed E-state index contributed by atoms with van der Waals surface area (Å²) < 4.78 is 5.36. The zero-order valence-electron chi connectivity index (χ0n) is 21.6. The van der Waals surface area contributed by atoms with E-state index in [9.17, 15) is 25.0 Å². The molecule has 1 atom stereocenters. The lowest BCUT2D eigenvalue weighted by Gasteiger charge is -2.30. The number of nitro benzene ring substituents is 1. The van der Waals surface area contributed by atoms with Crippen LogP contribution in [0.25, 0.3) is 0 Å². The number of para-hydroxylation sites is 4. The van der Waals surface area contributed by atoms with Crippen LogP contribution in [0.1, 0.15) is 18.4 Å². The monoisotopic (exact) mass is 555 g/mol. The zero-order chi connectivity index (χ0) is 28.6. The summed E-state index contributed by atoms with van der Waals surface area (Å²) in [6.45, 7) is 1.73. The molecule has 0 aliphatic carbocycles. The fourth-order valence-electron chi connectivity index (χ4n) is 4.31. The number of dihydropyridines is 1. The molecule has 0 saturated carbocycles. The molecule has 0 bridgehead atoms. The van der Waals surface area contributed by atoms with Crippen LogP contribution in [0.15, 0.2) is 101 Å². The number of methoxy groups -OCH3 is 1. The predicted octanol–water partition coefficient (Wildman–Crippen LogP) is 5.31. The Labute approximate surface area is 234 Å². The number of benzene rings is 3. The van der Waals surface area contributed by atoms with Crippen molar-refractivity contribution in [3.05, 3.63) is 116 Å². The molecule has 1 heterocycles. The summed E-state index contributed by atoms with van der Waals surface area (Å²) in [7, 11) is 1.51. The average Bonchev–Trinajstić information content (AvgIpc) is 2.96. The molecule has 0 aromatic heterocycles. The Kier molecular flexibility index (Phi) is 8.83. The summed E-state index contributed by atoms with van der Waals surface area (Å²) in [5.41, 5.74) is 2.21. The number of hydrogen-bond acceptors (Lipinski definition) is 8. The van der Waals surface area contributed by atoms with E-state index in [0.717, 1.165) is 17.3 Å². The fraction of sp³-hybridized carbons (Fsp3) is 0.138. The van der Waals surface area contributed by atoms with Gasteiger partial charge >= 0.3 is 0 Å². The van der Waals surface area contributed by atoms with Crippen LogP contribution in [0.2, 0.25) is 0 Å². The number of thioether (sulfide) groups is 1. The Hall–Kier alpha value is -5.08. The van der Waals surface area contributed by atoms with Gasteiger partial charge in [-0.25, -0.2) is 0 Å². The molecule has 3 aromatic carbocycles. The van der Waals surface area contributed by atoms with Gasteiger partial charge in [0.25, 0.3) is 11.6 Å². The fourth-order valence-corrected chi connectivity index (χ4v) is 5.20. The molecule has 10 nitrogen and oxygen atoms in total. The highest BCUT2D eigenvalue weighted by Gasteiger charge is 2.35. The van der Waals surface area contributed by atoms with Crippen LogP contribution in [0.5, 0.6) is 5.75 Å². The number of nitriles is 1. The highest BCUT2D eigenvalue weighted by Crippen LogP contribution is 2.41. The smallest absolute Gasteiger partial charge is 0.292 e. The van der Waals surface area contributed by atoms with Crippen molar-refractivity contribution in [2.45, 2.75) is 12.8 Å². The Bertz CT molecular complexity index is 1560. The largest absolute Gasteiger partial charge is 0.495 e. The number of carbonyl (C=O) groups is 2. The molecule has 40 heavy (non-hydrogen) atoms. The van der Waals surface area contributed by atoms with Gasteiger partial charge in [-0.05, 0) is 30.7 Å². The highest BCUT2D eigenvalue weighted by atomic mass is 32.2. The Morgan fingerprint density at radius 1 is 1.02 bits per heavy atom. The van der Waals surface area contributed by atoms with Crippen LogP contribution in [-0.4, -0.2) is 29.6 Å². The van der Waals surface area contributed by atoms with Crippen molar-refractivity contribution < 1.29 is 19.2 Å². The predicted molar refractivity (Wildman–Crippen MR) is 153 cm³/mol. The maximum Gasteiger partial charge on any atom is 0.292 e. The second-order valence-corrected chi connectivity index (χ2v) is 9.61. The summed E-state index contributed by atoms with van der Waals surface area (Å²) in [5, 5.41) is 30.5. The van der Waals surface area contributed by atoms with Crippen molar-refractivity contribution in [2.24, 2.45) is 0 Å². The SMILES string of the molecule is COc1ccccc1NC(=O)C1=C(C)NC(SCC(=O)Nc2ccccc2[N+](=O)[O-])=C(C#N)[C@H]1c1ccccc1. The molecule has 2 amide bonds. The lowest BCUT2D eigenvalue weighted by atomic mass is 9.82. The van der Waals surface area contributed by atoms with Crippen LogP contribution >= 0.6 is 11.8 Å². The molecule has 1 aliphatic rings. The third kappa shape index (κ3) is 6.14. The van der Waals surface area contributed by atoms with Crippen LogP contribution in [-0.2, 0) is 9.59 Å². The van der Waals surface area contributed by atoms with Crippen molar-refractivity contribution >= 4 is 40.6 Å². The van der Waals surface area contributed by atoms with E-state index in [-0.39, 0.29) is 22.7 Å². The van der Waals surface area contributed by atoms with Gasteiger partial charge in [-0.1, -0.05) is 66.4 Å². The first-order valence-corrected chi connectivity index (χ1v) is 13.1. The van der Waals surface area contributed by atoms with E-state index in [2.05, 4.69) is 22.0 Å². The van der Waals surface area contributed by atoms with Crippen molar-refractivity contribution in [3.63, 3.8) is 0 Å². The Morgan fingerprint density at radius 3 is 2.35 bits per heavy atom. The standard InChI is InChI=1S/C29H25N5O5S/c1-18-26(28(36)33-22-13-7-9-15-24(22)39-2)27(19-10-4-3-5-11-19)20(16-30)29(31-18)40-17-25(35)32-21-12-6-8-14-23(21)34(37)38/h3-15,27,31H,17H2,1-2H3,(H,32,35)(H,33,36)/t27-/m1/s1. The normalized spacial score (nSPS) is 14.6. The number of anilines is 2. The number of hydrogen-bond donors (Lipinski definition) is 3. The number of carbonyl (C=O) groups excluding carboxylic acids is 2. The zero-order valence-corrected chi connectivity index (χ0v) is 22.5. The summed E-state index contributed by atoms with van der Waals surface area (Å²) >= 11 is 1.08. The lowest BCUT2D eigenvalue weighted by molar-refractivity contribution is -0.383. The molecule has 0 unspecified atom stereocenters. The number of nitrogens with zero attached hydrogens (tertiary/aromatic N) is 2. The van der Waals surface area contributed by atoms with E-state index in [0.29, 0.717) is 27.7 Å². The second kappa shape index (κ2) is 12.6. The van der Waals surface area contributed by atoms with Crippen molar-refractivity contribution in [3.8, 4) is 11.8 Å². The third-order valence-corrected chi connectivity index (χ3v) is 7.12. The van der Waals surface area contributed by atoms with E-state index >= 15 is 0 Å². The van der Waals surface area contributed by atoms with Crippen molar-refractivity contribution in [1.29, 1.82) is 5.26 Å².